The molecule has 0 aromatic carbocycles. The van der Waals surface area contributed by atoms with E-state index in [4.69, 9.17) is 0 Å². The van der Waals surface area contributed by atoms with Gasteiger partial charge in [0.05, 0.1) is 0 Å². The number of rotatable bonds is 3. The van der Waals surface area contributed by atoms with Gasteiger partial charge >= 0.3 is 0 Å². The third-order valence-electron chi connectivity index (χ3n) is 3.68. The van der Waals surface area contributed by atoms with E-state index in [1.54, 1.807) is 0 Å². The van der Waals surface area contributed by atoms with Crippen LogP contribution in [0, 0.1) is 5.41 Å². The number of nitrogens with zero attached hydrogens (tertiary/aromatic N) is 1. The van der Waals surface area contributed by atoms with Crippen LogP contribution in [0.15, 0.2) is 0 Å². The monoisotopic (exact) mass is 254 g/mol. The van der Waals surface area contributed by atoms with Gasteiger partial charge in [-0.2, -0.15) is 0 Å². The Morgan fingerprint density at radius 2 is 1.44 bits per heavy atom. The Bertz CT molecular complexity index is 239. The summed E-state index contributed by atoms with van der Waals surface area (Å²) in [5.41, 5.74) is 0.671. The first-order valence-electron chi connectivity index (χ1n) is 7.55. The molecule has 0 radical (unpaired) electrons. The molecule has 18 heavy (non-hydrogen) atoms. The minimum Gasteiger partial charge on any atom is -0.309 e. The molecular formula is C16H34N2. The molecule has 0 aliphatic heterocycles. The van der Waals surface area contributed by atoms with Gasteiger partial charge in [-0.25, -0.2) is 0 Å². The third-order valence-corrected chi connectivity index (χ3v) is 3.68. The van der Waals surface area contributed by atoms with Gasteiger partial charge in [0.25, 0.3) is 0 Å². The summed E-state index contributed by atoms with van der Waals surface area (Å²) < 4.78 is 0. The smallest absolute Gasteiger partial charge is 0.00990 e. The summed E-state index contributed by atoms with van der Waals surface area (Å²) >= 11 is 0. The lowest BCUT2D eigenvalue weighted by Crippen LogP contribution is -2.48. The average Bonchev–Trinajstić information content (AvgIpc) is 2.13. The molecule has 108 valence electrons. The highest BCUT2D eigenvalue weighted by atomic mass is 15.1. The highest BCUT2D eigenvalue weighted by molar-refractivity contribution is 4.86. The van der Waals surface area contributed by atoms with Crippen LogP contribution in [0.1, 0.15) is 67.2 Å². The van der Waals surface area contributed by atoms with Gasteiger partial charge in [0, 0.05) is 24.2 Å². The summed E-state index contributed by atoms with van der Waals surface area (Å²) in [7, 11) is 2.30. The zero-order valence-electron chi connectivity index (χ0n) is 13.6. The standard InChI is InChI=1S/C16H34N2/c1-15(2,3)12-18(7)14-10-8-13(9-11-14)17-16(4,5)6/h13-14,17H,8-12H2,1-7H3/t13-,14-. The first kappa shape index (κ1) is 16.0. The van der Waals surface area contributed by atoms with Crippen molar-refractivity contribution in [2.75, 3.05) is 13.6 Å². The van der Waals surface area contributed by atoms with Crippen molar-refractivity contribution in [3.05, 3.63) is 0 Å². The molecule has 0 unspecified atom stereocenters. The van der Waals surface area contributed by atoms with Gasteiger partial charge in [-0.05, 0) is 58.9 Å². The van der Waals surface area contributed by atoms with E-state index in [9.17, 15) is 0 Å². The molecule has 0 aromatic heterocycles. The topological polar surface area (TPSA) is 15.3 Å². The second-order valence-corrected chi connectivity index (χ2v) is 8.38. The molecule has 0 saturated heterocycles. The van der Waals surface area contributed by atoms with Gasteiger partial charge in [-0.3, -0.25) is 0 Å². The molecule has 0 spiro atoms. The van der Waals surface area contributed by atoms with E-state index < -0.39 is 0 Å². The molecular weight excluding hydrogens is 220 g/mol. The van der Waals surface area contributed by atoms with Crippen molar-refractivity contribution >= 4 is 0 Å². The van der Waals surface area contributed by atoms with E-state index >= 15 is 0 Å². The van der Waals surface area contributed by atoms with E-state index in [-0.39, 0.29) is 5.54 Å². The second-order valence-electron chi connectivity index (χ2n) is 8.38. The van der Waals surface area contributed by atoms with Crippen LogP contribution in [-0.2, 0) is 0 Å². The Kier molecular flexibility index (Phi) is 5.25. The summed E-state index contributed by atoms with van der Waals surface area (Å²) in [4.78, 5) is 2.58. The van der Waals surface area contributed by atoms with Gasteiger partial charge in [0.15, 0.2) is 0 Å². The first-order valence-corrected chi connectivity index (χ1v) is 7.55. The Balaban J connectivity index is 2.35. The highest BCUT2D eigenvalue weighted by Gasteiger charge is 2.27. The molecule has 0 aromatic rings. The molecule has 2 nitrogen and oxygen atoms in total. The van der Waals surface area contributed by atoms with Crippen molar-refractivity contribution in [1.82, 2.24) is 10.2 Å². The fraction of sp³-hybridized carbons (Fsp3) is 1.00. The number of hydrogen-bond donors (Lipinski definition) is 1. The molecule has 0 atom stereocenters. The molecule has 1 rings (SSSR count). The lowest BCUT2D eigenvalue weighted by molar-refractivity contribution is 0.126. The lowest BCUT2D eigenvalue weighted by Gasteiger charge is -2.39. The zero-order valence-corrected chi connectivity index (χ0v) is 13.6. The third kappa shape index (κ3) is 6.19. The average molecular weight is 254 g/mol. The van der Waals surface area contributed by atoms with E-state index in [1.165, 1.54) is 32.2 Å². The Morgan fingerprint density at radius 3 is 1.83 bits per heavy atom. The van der Waals surface area contributed by atoms with Crippen molar-refractivity contribution in [1.29, 1.82) is 0 Å². The Morgan fingerprint density at radius 1 is 0.944 bits per heavy atom. The summed E-state index contributed by atoms with van der Waals surface area (Å²) in [6.45, 7) is 15.0. The predicted molar refractivity (Wildman–Crippen MR) is 81.0 cm³/mol. The summed E-state index contributed by atoms with van der Waals surface area (Å²) in [6.07, 6.45) is 5.35. The summed E-state index contributed by atoms with van der Waals surface area (Å²) in [6, 6.07) is 1.52. The molecule has 1 fully saturated rings. The van der Waals surface area contributed by atoms with Crippen LogP contribution in [0.4, 0.5) is 0 Å². The molecule has 0 heterocycles. The van der Waals surface area contributed by atoms with Crippen LogP contribution in [0.5, 0.6) is 0 Å². The Hall–Kier alpha value is -0.0800. The molecule has 1 N–H and O–H groups in total. The molecule has 1 saturated carbocycles. The predicted octanol–water partition coefficient (Wildman–Crippen LogP) is 3.66. The SMILES string of the molecule is CN(CC(C)(C)C)[C@H]1CC[C@H](NC(C)(C)C)CC1. The molecule has 0 bridgehead atoms. The van der Waals surface area contributed by atoms with Gasteiger partial charge in [0.2, 0.25) is 0 Å². The molecule has 1 aliphatic carbocycles. The van der Waals surface area contributed by atoms with E-state index in [0.717, 1.165) is 12.1 Å². The Labute approximate surface area is 115 Å². The van der Waals surface area contributed by atoms with Gasteiger partial charge < -0.3 is 10.2 Å². The molecule has 0 amide bonds. The minimum atomic E-state index is 0.259. The highest BCUT2D eigenvalue weighted by Crippen LogP contribution is 2.26. The van der Waals surface area contributed by atoms with Crippen molar-refractivity contribution in [3.63, 3.8) is 0 Å². The maximum Gasteiger partial charge on any atom is 0.00990 e. The van der Waals surface area contributed by atoms with Crippen LogP contribution in [0.25, 0.3) is 0 Å². The van der Waals surface area contributed by atoms with Gasteiger partial charge in [0.1, 0.15) is 0 Å². The second kappa shape index (κ2) is 5.92. The fourth-order valence-electron chi connectivity index (χ4n) is 3.15. The van der Waals surface area contributed by atoms with E-state index in [2.05, 4.69) is 58.8 Å². The van der Waals surface area contributed by atoms with Crippen LogP contribution in [-0.4, -0.2) is 36.1 Å². The first-order chi connectivity index (χ1) is 8.07. The van der Waals surface area contributed by atoms with Crippen LogP contribution in [0.3, 0.4) is 0 Å². The maximum absolute atomic E-state index is 3.75. The molecule has 1 aliphatic rings. The normalized spacial score (nSPS) is 26.7. The lowest BCUT2D eigenvalue weighted by atomic mass is 9.87. The van der Waals surface area contributed by atoms with E-state index in [0.29, 0.717) is 5.41 Å². The number of nitrogens with one attached hydrogen (secondary N) is 1. The van der Waals surface area contributed by atoms with Gasteiger partial charge in [-0.1, -0.05) is 20.8 Å². The minimum absolute atomic E-state index is 0.259. The summed E-state index contributed by atoms with van der Waals surface area (Å²) in [5, 5.41) is 3.75. The van der Waals surface area contributed by atoms with Crippen LogP contribution in [0.2, 0.25) is 0 Å². The van der Waals surface area contributed by atoms with E-state index in [1.807, 2.05) is 0 Å². The van der Waals surface area contributed by atoms with Crippen LogP contribution >= 0.6 is 0 Å². The molecule has 2 heteroatoms. The largest absolute Gasteiger partial charge is 0.309 e. The van der Waals surface area contributed by atoms with Crippen molar-refractivity contribution in [3.8, 4) is 0 Å². The number of hydrogen-bond acceptors (Lipinski definition) is 2. The zero-order chi connectivity index (χ0) is 14.0. The van der Waals surface area contributed by atoms with Crippen molar-refractivity contribution in [2.24, 2.45) is 5.41 Å². The van der Waals surface area contributed by atoms with Crippen LogP contribution < -0.4 is 5.32 Å². The maximum atomic E-state index is 3.75. The van der Waals surface area contributed by atoms with Crippen molar-refractivity contribution < 1.29 is 0 Å². The summed E-state index contributed by atoms with van der Waals surface area (Å²) in [5.74, 6) is 0. The van der Waals surface area contributed by atoms with Crippen molar-refractivity contribution in [2.45, 2.75) is 84.8 Å². The quantitative estimate of drug-likeness (QED) is 0.827. The van der Waals surface area contributed by atoms with Gasteiger partial charge in [-0.15, -0.1) is 0 Å². The fourth-order valence-corrected chi connectivity index (χ4v) is 3.15.